The molecule has 0 spiro atoms. The lowest BCUT2D eigenvalue weighted by Gasteiger charge is -2.46. The molecule has 9 heteroatoms. The van der Waals surface area contributed by atoms with Gasteiger partial charge in [-0.05, 0) is 128 Å². The molecule has 0 unspecified atom stereocenters. The number of nitrogens with zero attached hydrogens (tertiary/aromatic N) is 1. The highest BCUT2D eigenvalue weighted by Crippen LogP contribution is 2.59. The Labute approximate surface area is 356 Å². The fraction of sp³-hybridized carbons (Fsp3) is 0.333. The van der Waals surface area contributed by atoms with Gasteiger partial charge in [-0.3, -0.25) is 4.79 Å². The maximum atomic E-state index is 14.8. The third-order valence-electron chi connectivity index (χ3n) is 13.1. The van der Waals surface area contributed by atoms with Gasteiger partial charge in [0, 0.05) is 27.3 Å². The first-order valence-corrected chi connectivity index (χ1v) is 21.7. The number of methoxy groups -OCH3 is 2. The van der Waals surface area contributed by atoms with Gasteiger partial charge < -0.3 is 29.3 Å². The average Bonchev–Trinajstić information content (AvgIpc) is 3.80. The van der Waals surface area contributed by atoms with Gasteiger partial charge in [-0.2, -0.15) is 0 Å². The smallest absolute Gasteiger partial charge is 0.415 e. The molecule has 0 saturated heterocycles. The standard InChI is InChI=1S/C51H53NO7S/c1-33-10-9-24-50(2)44(42-22-16-34(26-39(53)19-15-33)27-43(42)48(54)47-29-37-13-7-8-14-46(37)60-47)23-25-51(50,56)32-52(31-38-18-20-40(57-3)30-45(38)58-4)49(55)59-41-21-17-35-11-5-6-12-36(35)28-41/h5-8,10-14,16-18,20-22,27-30,39,44,53,56H,9,15,19,23-26,31-32H2,1-4H3/t39-,44-,50-,51+/m0/s1. The van der Waals surface area contributed by atoms with Crippen molar-refractivity contribution < 1.29 is 34.0 Å². The number of aliphatic hydroxyl groups excluding tert-OH is 1. The predicted molar refractivity (Wildman–Crippen MR) is 239 cm³/mol. The normalized spacial score (nSPS) is 21.9. The first kappa shape index (κ1) is 41.3. The van der Waals surface area contributed by atoms with Gasteiger partial charge in [0.2, 0.25) is 5.78 Å². The molecule has 2 bridgehead atoms. The minimum atomic E-state index is -1.38. The summed E-state index contributed by atoms with van der Waals surface area (Å²) < 4.78 is 18.4. The van der Waals surface area contributed by atoms with Crippen molar-refractivity contribution in [3.63, 3.8) is 0 Å². The van der Waals surface area contributed by atoms with Crippen LogP contribution in [-0.4, -0.2) is 59.5 Å². The lowest BCUT2D eigenvalue weighted by atomic mass is 9.64. The van der Waals surface area contributed by atoms with Crippen molar-refractivity contribution >= 4 is 44.1 Å². The average molecular weight is 824 g/mol. The molecule has 8 nitrogen and oxygen atoms in total. The van der Waals surface area contributed by atoms with Gasteiger partial charge >= 0.3 is 6.09 Å². The van der Waals surface area contributed by atoms with E-state index in [2.05, 4.69) is 26.0 Å². The van der Waals surface area contributed by atoms with E-state index in [1.54, 1.807) is 31.3 Å². The second-order valence-electron chi connectivity index (χ2n) is 16.8. The molecule has 0 aliphatic heterocycles. The number of aliphatic hydroxyl groups is 2. The van der Waals surface area contributed by atoms with E-state index in [4.69, 9.17) is 14.2 Å². The number of carbonyl (C=O) groups is 2. The van der Waals surface area contributed by atoms with E-state index in [1.807, 2.05) is 91.0 Å². The van der Waals surface area contributed by atoms with Crippen LogP contribution >= 0.6 is 11.3 Å². The molecule has 1 aromatic heterocycles. The van der Waals surface area contributed by atoms with Crippen molar-refractivity contribution in [1.82, 2.24) is 4.90 Å². The van der Waals surface area contributed by atoms with E-state index in [9.17, 15) is 19.8 Å². The van der Waals surface area contributed by atoms with Crippen LogP contribution in [-0.2, 0) is 13.0 Å². The van der Waals surface area contributed by atoms with E-state index in [0.717, 1.165) is 44.0 Å². The van der Waals surface area contributed by atoms with Crippen LogP contribution in [0, 0.1) is 5.41 Å². The molecule has 5 aromatic carbocycles. The highest BCUT2D eigenvalue weighted by molar-refractivity contribution is 7.21. The molecule has 3 aliphatic rings. The van der Waals surface area contributed by atoms with E-state index in [-0.39, 0.29) is 24.8 Å². The minimum Gasteiger partial charge on any atom is -0.497 e. The molecule has 1 amide bonds. The zero-order valence-corrected chi connectivity index (χ0v) is 35.6. The fourth-order valence-corrected chi connectivity index (χ4v) is 10.5. The number of ether oxygens (including phenoxy) is 3. The SMILES string of the molecule is COc1ccc(CN(C[C@]2(O)CC[C@H]3c4ccc(cc4C(=O)c4cc5ccccc5s4)C[C@@H](O)CCC(C)=CCC[C@@]32C)C(=O)Oc2ccc3ccccc3c2)c(OC)c1. The van der Waals surface area contributed by atoms with Gasteiger partial charge in [-0.25, -0.2) is 4.79 Å². The summed E-state index contributed by atoms with van der Waals surface area (Å²) in [4.78, 5) is 31.5. The highest BCUT2D eigenvalue weighted by Gasteiger charge is 2.58. The van der Waals surface area contributed by atoms with Crippen LogP contribution in [0.3, 0.4) is 0 Å². The Bertz CT molecular complexity index is 2550. The van der Waals surface area contributed by atoms with Gasteiger partial charge in [0.05, 0.1) is 43.9 Å². The Hall–Kier alpha value is -5.48. The van der Waals surface area contributed by atoms with Crippen LogP contribution in [0.5, 0.6) is 17.2 Å². The van der Waals surface area contributed by atoms with E-state index >= 15 is 0 Å². The minimum absolute atomic E-state index is 0.0197. The van der Waals surface area contributed by atoms with Crippen LogP contribution in [0.15, 0.2) is 121 Å². The summed E-state index contributed by atoms with van der Waals surface area (Å²) in [5.74, 6) is 1.29. The number of hydrogen-bond acceptors (Lipinski definition) is 8. The lowest BCUT2D eigenvalue weighted by molar-refractivity contribution is -0.0802. The quantitative estimate of drug-likeness (QED) is 0.110. The maximum absolute atomic E-state index is 14.8. The third kappa shape index (κ3) is 8.31. The number of ketones is 1. The number of amides is 1. The van der Waals surface area contributed by atoms with Crippen LogP contribution in [0.4, 0.5) is 4.79 Å². The summed E-state index contributed by atoms with van der Waals surface area (Å²) in [5.41, 5.74) is 2.15. The molecule has 1 saturated carbocycles. The summed E-state index contributed by atoms with van der Waals surface area (Å²) in [6.07, 6.45) is 5.16. The molecule has 1 fully saturated rings. The number of benzene rings is 5. The summed E-state index contributed by atoms with van der Waals surface area (Å²) >= 11 is 1.49. The summed E-state index contributed by atoms with van der Waals surface area (Å²) in [7, 11) is 3.18. The predicted octanol–water partition coefficient (Wildman–Crippen LogP) is 11.0. The van der Waals surface area contributed by atoms with Crippen LogP contribution in [0.2, 0.25) is 0 Å². The molecule has 310 valence electrons. The Morgan fingerprint density at radius 1 is 0.833 bits per heavy atom. The van der Waals surface area contributed by atoms with Crippen molar-refractivity contribution in [3.8, 4) is 17.2 Å². The molecule has 2 N–H and O–H groups in total. The van der Waals surface area contributed by atoms with Crippen molar-refractivity contribution in [2.75, 3.05) is 20.8 Å². The van der Waals surface area contributed by atoms with Crippen molar-refractivity contribution in [2.45, 2.75) is 83.0 Å². The summed E-state index contributed by atoms with van der Waals surface area (Å²) in [5, 5.41) is 27.4. The topological polar surface area (TPSA) is 106 Å². The van der Waals surface area contributed by atoms with Crippen molar-refractivity contribution in [2.24, 2.45) is 5.41 Å². The first-order chi connectivity index (χ1) is 29.0. The Kier molecular flexibility index (Phi) is 11.9. The molecule has 1 heterocycles. The molecular weight excluding hydrogens is 771 g/mol. The zero-order valence-electron chi connectivity index (χ0n) is 34.8. The Morgan fingerprint density at radius 3 is 2.38 bits per heavy atom. The van der Waals surface area contributed by atoms with Gasteiger partial charge in [0.1, 0.15) is 17.2 Å². The fourth-order valence-electron chi connectivity index (χ4n) is 9.51. The zero-order chi connectivity index (χ0) is 42.0. The number of carbonyl (C=O) groups excluding carboxylic acids is 2. The number of rotatable bonds is 9. The maximum Gasteiger partial charge on any atom is 0.415 e. The molecule has 3 aliphatic carbocycles. The molecule has 6 aromatic rings. The molecular formula is C51H53NO7S. The molecule has 9 rings (SSSR count). The highest BCUT2D eigenvalue weighted by atomic mass is 32.1. The van der Waals surface area contributed by atoms with Crippen molar-refractivity contribution in [3.05, 3.63) is 148 Å². The van der Waals surface area contributed by atoms with Gasteiger partial charge in [-0.1, -0.05) is 79.2 Å². The van der Waals surface area contributed by atoms with Gasteiger partial charge in [0.15, 0.2) is 0 Å². The van der Waals surface area contributed by atoms with Crippen LogP contribution < -0.4 is 14.2 Å². The lowest BCUT2D eigenvalue weighted by Crippen LogP contribution is -2.54. The largest absolute Gasteiger partial charge is 0.497 e. The number of fused-ring (bicyclic) bond motifs is 10. The van der Waals surface area contributed by atoms with Gasteiger partial charge in [-0.15, -0.1) is 11.3 Å². The second kappa shape index (κ2) is 17.2. The van der Waals surface area contributed by atoms with Crippen LogP contribution in [0.1, 0.15) is 90.2 Å². The summed E-state index contributed by atoms with van der Waals surface area (Å²) in [6, 6.07) is 35.0. The number of thiophene rings is 1. The number of allylic oxidation sites excluding steroid dienone is 2. The van der Waals surface area contributed by atoms with E-state index in [0.29, 0.717) is 66.2 Å². The third-order valence-corrected chi connectivity index (χ3v) is 14.2. The molecule has 0 radical (unpaired) electrons. The first-order valence-electron chi connectivity index (χ1n) is 20.9. The Morgan fingerprint density at radius 2 is 1.60 bits per heavy atom. The van der Waals surface area contributed by atoms with E-state index in [1.165, 1.54) is 16.9 Å². The summed E-state index contributed by atoms with van der Waals surface area (Å²) in [6.45, 7) is 4.32. The second-order valence-corrected chi connectivity index (χ2v) is 17.9. The number of hydrogen-bond donors (Lipinski definition) is 2. The molecule has 60 heavy (non-hydrogen) atoms. The van der Waals surface area contributed by atoms with Crippen molar-refractivity contribution in [1.29, 1.82) is 0 Å². The Balaban J connectivity index is 1.20. The molecule has 4 atom stereocenters. The van der Waals surface area contributed by atoms with E-state index < -0.39 is 23.2 Å². The van der Waals surface area contributed by atoms with Gasteiger partial charge in [0.25, 0.3) is 0 Å². The monoisotopic (exact) mass is 823 g/mol. The van der Waals surface area contributed by atoms with Crippen LogP contribution in [0.25, 0.3) is 20.9 Å².